The summed E-state index contributed by atoms with van der Waals surface area (Å²) in [6, 6.07) is 5.88. The summed E-state index contributed by atoms with van der Waals surface area (Å²) in [5.41, 5.74) is 0.128. The first-order valence-corrected chi connectivity index (χ1v) is 5.46. The molecular weight excluding hydrogens is 260 g/mol. The fraction of sp³-hybridized carbons (Fsp3) is 0.250. The van der Waals surface area contributed by atoms with Crippen LogP contribution in [0.15, 0.2) is 36.3 Å². The third-order valence-electron chi connectivity index (χ3n) is 2.22. The molecule has 1 amide bonds. The van der Waals surface area contributed by atoms with Gasteiger partial charge in [-0.1, -0.05) is 12.1 Å². The van der Waals surface area contributed by atoms with E-state index in [4.69, 9.17) is 9.47 Å². The zero-order valence-electron chi connectivity index (χ0n) is 9.77. The number of ether oxygens (including phenoxy) is 3. The van der Waals surface area contributed by atoms with E-state index in [0.29, 0.717) is 6.61 Å². The summed E-state index contributed by atoms with van der Waals surface area (Å²) in [4.78, 5) is 11.8. The van der Waals surface area contributed by atoms with Crippen molar-refractivity contribution in [2.75, 3.05) is 18.5 Å². The van der Waals surface area contributed by atoms with Crippen molar-refractivity contribution in [2.24, 2.45) is 0 Å². The Balaban J connectivity index is 2.10. The van der Waals surface area contributed by atoms with Crippen LogP contribution in [0, 0.1) is 0 Å². The maximum Gasteiger partial charge on any atom is 0.387 e. The number of rotatable bonds is 4. The van der Waals surface area contributed by atoms with Crippen LogP contribution in [-0.4, -0.2) is 25.7 Å². The van der Waals surface area contributed by atoms with Gasteiger partial charge in [0.15, 0.2) is 0 Å². The first-order valence-electron chi connectivity index (χ1n) is 5.46. The zero-order valence-corrected chi connectivity index (χ0v) is 9.77. The Morgan fingerprint density at radius 2 is 2.11 bits per heavy atom. The van der Waals surface area contributed by atoms with Crippen molar-refractivity contribution in [2.45, 2.75) is 6.61 Å². The molecule has 5 nitrogen and oxygen atoms in total. The smallest absolute Gasteiger partial charge is 0.387 e. The van der Waals surface area contributed by atoms with Crippen molar-refractivity contribution in [3.63, 3.8) is 0 Å². The standard InChI is InChI=1S/C12H11F2NO4/c13-12(14)19-9-4-2-1-3-8(9)15-11(16)10-7-17-5-6-18-10/h1-4,7,12H,5-6H2,(H,15,16). The van der Waals surface area contributed by atoms with Gasteiger partial charge in [-0.05, 0) is 12.1 Å². The predicted octanol–water partition coefficient (Wildman–Crippen LogP) is 2.11. The number of carbonyl (C=O) groups is 1. The highest BCUT2D eigenvalue weighted by molar-refractivity contribution is 6.03. The molecule has 0 aliphatic carbocycles. The van der Waals surface area contributed by atoms with Crippen molar-refractivity contribution in [1.82, 2.24) is 0 Å². The molecule has 19 heavy (non-hydrogen) atoms. The summed E-state index contributed by atoms with van der Waals surface area (Å²) in [5, 5.41) is 2.42. The molecule has 1 heterocycles. The molecule has 1 N–H and O–H groups in total. The Morgan fingerprint density at radius 1 is 1.32 bits per heavy atom. The molecule has 0 atom stereocenters. The van der Waals surface area contributed by atoms with Crippen LogP contribution in [0.5, 0.6) is 5.75 Å². The molecule has 7 heteroatoms. The van der Waals surface area contributed by atoms with Crippen LogP contribution in [0.2, 0.25) is 0 Å². The van der Waals surface area contributed by atoms with Crippen LogP contribution >= 0.6 is 0 Å². The number of para-hydroxylation sites is 2. The molecule has 0 fully saturated rings. The number of halogens is 2. The topological polar surface area (TPSA) is 56.8 Å². The summed E-state index contributed by atoms with van der Waals surface area (Å²) in [6.07, 6.45) is 1.18. The van der Waals surface area contributed by atoms with Crippen molar-refractivity contribution in [3.8, 4) is 5.75 Å². The zero-order chi connectivity index (χ0) is 13.7. The van der Waals surface area contributed by atoms with Gasteiger partial charge in [0.2, 0.25) is 5.76 Å². The lowest BCUT2D eigenvalue weighted by Gasteiger charge is -2.16. The number of carbonyl (C=O) groups excluding carboxylic acids is 1. The van der Waals surface area contributed by atoms with Gasteiger partial charge >= 0.3 is 6.61 Å². The van der Waals surface area contributed by atoms with E-state index in [2.05, 4.69) is 10.1 Å². The molecule has 1 aliphatic heterocycles. The van der Waals surface area contributed by atoms with E-state index in [1.54, 1.807) is 6.07 Å². The Morgan fingerprint density at radius 3 is 2.79 bits per heavy atom. The van der Waals surface area contributed by atoms with E-state index in [0.717, 1.165) is 0 Å². The molecule has 1 aromatic carbocycles. The van der Waals surface area contributed by atoms with Gasteiger partial charge in [0.05, 0.1) is 5.69 Å². The van der Waals surface area contributed by atoms with Crippen molar-refractivity contribution in [1.29, 1.82) is 0 Å². The predicted molar refractivity (Wildman–Crippen MR) is 61.7 cm³/mol. The van der Waals surface area contributed by atoms with Gasteiger partial charge in [0.25, 0.3) is 5.91 Å². The second kappa shape index (κ2) is 6.03. The number of nitrogens with one attached hydrogen (secondary N) is 1. The van der Waals surface area contributed by atoms with Gasteiger partial charge in [0.1, 0.15) is 25.2 Å². The highest BCUT2D eigenvalue weighted by atomic mass is 19.3. The minimum atomic E-state index is -2.97. The van der Waals surface area contributed by atoms with Gasteiger partial charge in [-0.3, -0.25) is 4.79 Å². The van der Waals surface area contributed by atoms with Gasteiger partial charge in [-0.25, -0.2) is 0 Å². The lowest BCUT2D eigenvalue weighted by atomic mass is 10.3. The van der Waals surface area contributed by atoms with Crippen molar-refractivity contribution >= 4 is 11.6 Å². The third kappa shape index (κ3) is 3.57. The molecule has 2 rings (SSSR count). The highest BCUT2D eigenvalue weighted by Crippen LogP contribution is 2.26. The summed E-state index contributed by atoms with van der Waals surface area (Å²) < 4.78 is 38.7. The maximum atomic E-state index is 12.2. The number of anilines is 1. The van der Waals surface area contributed by atoms with Crippen molar-refractivity contribution < 1.29 is 27.8 Å². The number of hydrogen-bond acceptors (Lipinski definition) is 4. The van der Waals surface area contributed by atoms with Gasteiger partial charge in [0, 0.05) is 0 Å². The Hall–Kier alpha value is -2.31. The van der Waals surface area contributed by atoms with Crippen LogP contribution in [0.3, 0.4) is 0 Å². The monoisotopic (exact) mass is 271 g/mol. The molecule has 0 aromatic heterocycles. The van der Waals surface area contributed by atoms with Crippen LogP contribution in [-0.2, 0) is 14.3 Å². The molecule has 0 unspecified atom stereocenters. The molecule has 1 aliphatic rings. The molecule has 102 valence electrons. The lowest BCUT2D eigenvalue weighted by molar-refractivity contribution is -0.117. The average molecular weight is 271 g/mol. The second-order valence-electron chi connectivity index (χ2n) is 3.53. The minimum absolute atomic E-state index is 0.0156. The SMILES string of the molecule is O=C(Nc1ccccc1OC(F)F)C1=COCCO1. The normalized spacial score (nSPS) is 14.2. The third-order valence-corrected chi connectivity index (χ3v) is 2.22. The number of amides is 1. The fourth-order valence-corrected chi connectivity index (χ4v) is 1.44. The number of hydrogen-bond donors (Lipinski definition) is 1. The largest absolute Gasteiger partial charge is 0.494 e. The lowest BCUT2D eigenvalue weighted by Crippen LogP contribution is -2.21. The van der Waals surface area contributed by atoms with E-state index in [-0.39, 0.29) is 23.8 Å². The molecule has 1 aromatic rings. The van der Waals surface area contributed by atoms with E-state index >= 15 is 0 Å². The summed E-state index contributed by atoms with van der Waals surface area (Å²) in [5.74, 6) is -0.730. The quantitative estimate of drug-likeness (QED) is 0.911. The molecule has 0 bridgehead atoms. The Labute approximate surface area is 107 Å². The van der Waals surface area contributed by atoms with Gasteiger partial charge in [-0.15, -0.1) is 0 Å². The Bertz CT molecular complexity index is 490. The van der Waals surface area contributed by atoms with Crippen LogP contribution in [0.1, 0.15) is 0 Å². The fourth-order valence-electron chi connectivity index (χ4n) is 1.44. The van der Waals surface area contributed by atoms with E-state index in [1.807, 2.05) is 0 Å². The average Bonchev–Trinajstić information content (AvgIpc) is 2.41. The number of benzene rings is 1. The van der Waals surface area contributed by atoms with Crippen LogP contribution in [0.4, 0.5) is 14.5 Å². The minimum Gasteiger partial charge on any atom is -0.494 e. The van der Waals surface area contributed by atoms with Crippen LogP contribution < -0.4 is 10.1 Å². The molecule has 0 saturated carbocycles. The summed E-state index contributed by atoms with van der Waals surface area (Å²) in [6.45, 7) is -2.34. The van der Waals surface area contributed by atoms with E-state index < -0.39 is 12.5 Å². The van der Waals surface area contributed by atoms with Crippen LogP contribution in [0.25, 0.3) is 0 Å². The van der Waals surface area contributed by atoms with Crippen molar-refractivity contribution in [3.05, 3.63) is 36.3 Å². The van der Waals surface area contributed by atoms with E-state index in [9.17, 15) is 13.6 Å². The molecule has 0 saturated heterocycles. The molecule has 0 radical (unpaired) electrons. The first-order chi connectivity index (χ1) is 9.16. The second-order valence-corrected chi connectivity index (χ2v) is 3.53. The molecular formula is C12H11F2NO4. The van der Waals surface area contributed by atoms with Gasteiger partial charge < -0.3 is 19.5 Å². The maximum absolute atomic E-state index is 12.2. The van der Waals surface area contributed by atoms with E-state index in [1.165, 1.54) is 24.5 Å². The number of alkyl halides is 2. The summed E-state index contributed by atoms with van der Waals surface area (Å²) >= 11 is 0. The van der Waals surface area contributed by atoms with Gasteiger partial charge in [-0.2, -0.15) is 8.78 Å². The first kappa shape index (κ1) is 13.1. The summed E-state index contributed by atoms with van der Waals surface area (Å²) in [7, 11) is 0. The Kier molecular flexibility index (Phi) is 4.17. The molecule has 0 spiro atoms. The highest BCUT2D eigenvalue weighted by Gasteiger charge is 2.17.